The molecule has 0 unspecified atom stereocenters. The van der Waals surface area contributed by atoms with Gasteiger partial charge in [0, 0.05) is 12.3 Å². The van der Waals surface area contributed by atoms with Crippen LogP contribution in [-0.4, -0.2) is 18.6 Å². The fourth-order valence-corrected chi connectivity index (χ4v) is 2.25. The zero-order chi connectivity index (χ0) is 12.1. The molecule has 2 atom stereocenters. The van der Waals surface area contributed by atoms with Crippen molar-refractivity contribution >= 4 is 12.0 Å². The van der Waals surface area contributed by atoms with E-state index in [9.17, 15) is 9.90 Å². The molecule has 90 valence electrons. The normalized spacial score (nSPS) is 24.2. The Morgan fingerprint density at radius 1 is 1.41 bits per heavy atom. The lowest BCUT2D eigenvalue weighted by Crippen LogP contribution is -2.89. The number of allylic oxidation sites excluding steroid dienone is 1. The molecule has 17 heavy (non-hydrogen) atoms. The van der Waals surface area contributed by atoms with Crippen LogP contribution in [0.15, 0.2) is 36.4 Å². The van der Waals surface area contributed by atoms with Crippen molar-refractivity contribution in [3.8, 4) is 0 Å². The lowest BCUT2D eigenvalue weighted by molar-refractivity contribution is -0.666. The Bertz CT molecular complexity index is 400. The van der Waals surface area contributed by atoms with Gasteiger partial charge in [-0.2, -0.15) is 0 Å². The van der Waals surface area contributed by atoms with Crippen LogP contribution in [0.1, 0.15) is 18.4 Å². The second-order valence-corrected chi connectivity index (χ2v) is 4.55. The largest absolute Gasteiger partial charge is 0.544 e. The van der Waals surface area contributed by atoms with E-state index in [1.807, 2.05) is 23.5 Å². The number of carbonyl (C=O) groups excluding carboxylic acids is 1. The van der Waals surface area contributed by atoms with Gasteiger partial charge in [0.25, 0.3) is 0 Å². The summed E-state index contributed by atoms with van der Waals surface area (Å²) in [7, 11) is 0. The lowest BCUT2D eigenvalue weighted by Gasteiger charge is -2.06. The summed E-state index contributed by atoms with van der Waals surface area (Å²) in [6.45, 7) is 0.887. The van der Waals surface area contributed by atoms with Gasteiger partial charge in [0.2, 0.25) is 0 Å². The van der Waals surface area contributed by atoms with Gasteiger partial charge in [0.1, 0.15) is 6.04 Å². The van der Waals surface area contributed by atoms with Gasteiger partial charge in [-0.25, -0.2) is 0 Å². The highest BCUT2D eigenvalue weighted by Gasteiger charge is 2.27. The fourth-order valence-electron chi connectivity index (χ4n) is 2.25. The van der Waals surface area contributed by atoms with Crippen molar-refractivity contribution in [2.24, 2.45) is 5.92 Å². The second-order valence-electron chi connectivity index (χ2n) is 4.55. The van der Waals surface area contributed by atoms with Gasteiger partial charge in [0.15, 0.2) is 0 Å². The number of carbonyl (C=O) groups is 1. The van der Waals surface area contributed by atoms with Crippen LogP contribution in [0.4, 0.5) is 0 Å². The van der Waals surface area contributed by atoms with Crippen molar-refractivity contribution in [2.45, 2.75) is 18.9 Å². The first-order chi connectivity index (χ1) is 8.25. The van der Waals surface area contributed by atoms with E-state index in [1.54, 1.807) is 0 Å². The summed E-state index contributed by atoms with van der Waals surface area (Å²) >= 11 is 0. The minimum Gasteiger partial charge on any atom is -0.544 e. The summed E-state index contributed by atoms with van der Waals surface area (Å²) < 4.78 is 0. The molecule has 0 aromatic heterocycles. The minimum absolute atomic E-state index is 0.342. The number of nitrogens with two attached hydrogens (primary N) is 1. The number of hydrogen-bond donors (Lipinski definition) is 1. The first-order valence-electron chi connectivity index (χ1n) is 6.01. The molecule has 1 saturated heterocycles. The number of hydrogen-bond acceptors (Lipinski definition) is 2. The van der Waals surface area contributed by atoms with Gasteiger partial charge in [-0.15, -0.1) is 0 Å². The van der Waals surface area contributed by atoms with Crippen LogP contribution in [-0.2, 0) is 4.79 Å². The molecule has 1 fully saturated rings. The van der Waals surface area contributed by atoms with Crippen LogP contribution in [0.25, 0.3) is 6.08 Å². The molecule has 1 aliphatic heterocycles. The van der Waals surface area contributed by atoms with Crippen LogP contribution in [0, 0.1) is 5.92 Å². The van der Waals surface area contributed by atoms with Crippen molar-refractivity contribution in [3.63, 3.8) is 0 Å². The van der Waals surface area contributed by atoms with Gasteiger partial charge < -0.3 is 15.2 Å². The average molecular weight is 231 g/mol. The Kier molecular flexibility index (Phi) is 3.94. The molecule has 0 aliphatic carbocycles. The van der Waals surface area contributed by atoms with Crippen molar-refractivity contribution in [3.05, 3.63) is 42.0 Å². The molecule has 3 nitrogen and oxygen atoms in total. The summed E-state index contributed by atoms with van der Waals surface area (Å²) in [6, 6.07) is 9.78. The van der Waals surface area contributed by atoms with Crippen LogP contribution >= 0.6 is 0 Å². The number of aliphatic carboxylic acids is 1. The maximum absolute atomic E-state index is 10.7. The molecule has 1 heterocycles. The molecular formula is C14H17NO2. The summed E-state index contributed by atoms with van der Waals surface area (Å²) in [5.74, 6) is -0.475. The highest BCUT2D eigenvalue weighted by atomic mass is 16.4. The number of benzene rings is 1. The van der Waals surface area contributed by atoms with E-state index in [0.717, 1.165) is 19.4 Å². The standard InChI is InChI=1S/C14H17NO2/c16-14(17)13-9-12(10-15-13)8-4-7-11-5-2-1-3-6-11/h1-7,12-13,15H,8-10H2,(H,16,17)/b7-4+/t12-,13+/m1/s1. The molecule has 2 rings (SSSR count). The average Bonchev–Trinajstić information content (AvgIpc) is 2.79. The Hall–Kier alpha value is -1.61. The van der Waals surface area contributed by atoms with E-state index >= 15 is 0 Å². The van der Waals surface area contributed by atoms with E-state index in [4.69, 9.17) is 0 Å². The first-order valence-corrected chi connectivity index (χ1v) is 6.01. The van der Waals surface area contributed by atoms with Crippen molar-refractivity contribution in [2.75, 3.05) is 6.54 Å². The van der Waals surface area contributed by atoms with E-state index in [1.165, 1.54) is 5.56 Å². The van der Waals surface area contributed by atoms with Gasteiger partial charge in [-0.05, 0) is 12.0 Å². The van der Waals surface area contributed by atoms with Gasteiger partial charge in [-0.3, -0.25) is 0 Å². The number of carboxylic acids is 1. The first kappa shape index (κ1) is 11.9. The Morgan fingerprint density at radius 2 is 2.18 bits per heavy atom. The summed E-state index contributed by atoms with van der Waals surface area (Å²) in [6.07, 6.45) is 5.88. The van der Waals surface area contributed by atoms with Gasteiger partial charge >= 0.3 is 0 Å². The van der Waals surface area contributed by atoms with Crippen molar-refractivity contribution in [1.29, 1.82) is 0 Å². The molecular weight excluding hydrogens is 214 g/mol. The molecule has 0 bridgehead atoms. The molecule has 0 spiro atoms. The van der Waals surface area contributed by atoms with Crippen LogP contribution in [0.2, 0.25) is 0 Å². The second kappa shape index (κ2) is 5.64. The predicted octanol–water partition coefficient (Wildman–Crippen LogP) is -0.208. The summed E-state index contributed by atoms with van der Waals surface area (Å²) in [5.41, 5.74) is 1.19. The van der Waals surface area contributed by atoms with Crippen molar-refractivity contribution < 1.29 is 15.2 Å². The topological polar surface area (TPSA) is 56.7 Å². The summed E-state index contributed by atoms with van der Waals surface area (Å²) in [5, 5.41) is 12.6. The highest BCUT2D eigenvalue weighted by Crippen LogP contribution is 2.14. The molecule has 0 radical (unpaired) electrons. The Morgan fingerprint density at radius 3 is 2.82 bits per heavy atom. The zero-order valence-corrected chi connectivity index (χ0v) is 9.71. The highest BCUT2D eigenvalue weighted by molar-refractivity contribution is 5.69. The maximum Gasteiger partial charge on any atom is 0.127 e. The monoisotopic (exact) mass is 231 g/mol. The van der Waals surface area contributed by atoms with E-state index < -0.39 is 5.97 Å². The van der Waals surface area contributed by atoms with E-state index in [2.05, 4.69) is 24.3 Å². The Balaban J connectivity index is 1.80. The number of carboxylic acid groups (broad SMARTS) is 1. The third kappa shape index (κ3) is 3.43. The van der Waals surface area contributed by atoms with E-state index in [0.29, 0.717) is 5.92 Å². The van der Waals surface area contributed by atoms with Crippen molar-refractivity contribution in [1.82, 2.24) is 0 Å². The Labute approximate surface area is 101 Å². The predicted molar refractivity (Wildman–Crippen MR) is 63.8 cm³/mol. The molecule has 2 N–H and O–H groups in total. The maximum atomic E-state index is 10.7. The SMILES string of the molecule is O=C([O-])[C@@H]1C[C@@H](C/C=C/c2ccccc2)C[NH2+]1. The van der Waals surface area contributed by atoms with Crippen LogP contribution in [0.3, 0.4) is 0 Å². The molecule has 1 aliphatic rings. The minimum atomic E-state index is -0.931. The van der Waals surface area contributed by atoms with Gasteiger partial charge in [0.05, 0.1) is 12.5 Å². The number of quaternary nitrogens is 1. The molecule has 1 aromatic rings. The molecule has 0 saturated carbocycles. The fraction of sp³-hybridized carbons (Fsp3) is 0.357. The third-order valence-electron chi connectivity index (χ3n) is 3.22. The molecule has 3 heteroatoms. The molecule has 1 aromatic carbocycles. The zero-order valence-electron chi connectivity index (χ0n) is 9.71. The summed E-state index contributed by atoms with van der Waals surface area (Å²) in [4.78, 5) is 10.7. The number of rotatable bonds is 4. The quantitative estimate of drug-likeness (QED) is 0.779. The lowest BCUT2D eigenvalue weighted by atomic mass is 10.0. The van der Waals surface area contributed by atoms with E-state index in [-0.39, 0.29) is 6.04 Å². The third-order valence-corrected chi connectivity index (χ3v) is 3.22. The van der Waals surface area contributed by atoms with Crippen LogP contribution in [0.5, 0.6) is 0 Å². The van der Waals surface area contributed by atoms with Crippen LogP contribution < -0.4 is 10.4 Å². The smallest absolute Gasteiger partial charge is 0.127 e. The van der Waals surface area contributed by atoms with Gasteiger partial charge in [-0.1, -0.05) is 42.5 Å². The molecule has 0 amide bonds.